The third-order valence-electron chi connectivity index (χ3n) is 1.39. The first-order valence-corrected chi connectivity index (χ1v) is 5.24. The van der Waals surface area contributed by atoms with Gasteiger partial charge in [0.05, 0.1) is 0 Å². The molecule has 0 aliphatic heterocycles. The summed E-state index contributed by atoms with van der Waals surface area (Å²) in [4.78, 5) is 0. The van der Waals surface area contributed by atoms with Crippen molar-refractivity contribution in [3.8, 4) is 23.7 Å². The van der Waals surface area contributed by atoms with Gasteiger partial charge in [-0.05, 0) is 0 Å². The minimum absolute atomic E-state index is 0.476. The molecule has 0 bridgehead atoms. The number of allylic oxidation sites excluding steroid dienone is 2. The predicted molar refractivity (Wildman–Crippen MR) is 63.6 cm³/mol. The lowest BCUT2D eigenvalue weighted by Crippen LogP contribution is -1.77. The molecule has 0 rings (SSSR count). The summed E-state index contributed by atoms with van der Waals surface area (Å²) in [6, 6.07) is 0. The van der Waals surface area contributed by atoms with Gasteiger partial charge in [-0.25, -0.2) is 0 Å². The van der Waals surface area contributed by atoms with Gasteiger partial charge in [-0.3, -0.25) is 0 Å². The van der Waals surface area contributed by atoms with Gasteiger partial charge in [-0.1, -0.05) is 51.7 Å². The lowest BCUT2D eigenvalue weighted by molar-refractivity contribution is 0.865. The average molecular weight is 188 g/mol. The molecular formula is C14H20. The summed E-state index contributed by atoms with van der Waals surface area (Å²) in [7, 11) is 0. The van der Waals surface area contributed by atoms with E-state index in [9.17, 15) is 0 Å². The molecule has 0 atom stereocenters. The van der Waals surface area contributed by atoms with E-state index in [4.69, 9.17) is 0 Å². The van der Waals surface area contributed by atoms with E-state index in [1.165, 1.54) is 0 Å². The van der Waals surface area contributed by atoms with E-state index >= 15 is 0 Å². The summed E-state index contributed by atoms with van der Waals surface area (Å²) in [5, 5.41) is 0. The predicted octanol–water partition coefficient (Wildman–Crippen LogP) is 3.64. The molecular weight excluding hydrogens is 168 g/mol. The molecule has 0 aromatic carbocycles. The van der Waals surface area contributed by atoms with Crippen molar-refractivity contribution in [3.63, 3.8) is 0 Å². The van der Waals surface area contributed by atoms with E-state index in [0.29, 0.717) is 11.8 Å². The Hall–Kier alpha value is -1.14. The SMILES string of the molecule is CC(C)C#CC/C=C/CC#CC(C)C. The highest BCUT2D eigenvalue weighted by atomic mass is 13.8. The molecule has 0 saturated carbocycles. The standard InChI is InChI=1S/C14H20/c1-13(2)11-9-7-5-6-8-10-12-14(3)4/h5-6,13-14H,7-8H2,1-4H3/b6-5+. The summed E-state index contributed by atoms with van der Waals surface area (Å²) in [5.41, 5.74) is 0. The smallest absolute Gasteiger partial charge is 0.0270 e. The summed E-state index contributed by atoms with van der Waals surface area (Å²) < 4.78 is 0. The van der Waals surface area contributed by atoms with Crippen LogP contribution < -0.4 is 0 Å². The molecule has 0 spiro atoms. The van der Waals surface area contributed by atoms with Crippen molar-refractivity contribution in [2.75, 3.05) is 0 Å². The molecule has 0 fully saturated rings. The van der Waals surface area contributed by atoms with Crippen LogP contribution >= 0.6 is 0 Å². The maximum Gasteiger partial charge on any atom is 0.0270 e. The first-order chi connectivity index (χ1) is 6.63. The molecule has 0 aliphatic carbocycles. The maximum atomic E-state index is 3.12. The molecule has 0 heterocycles. The number of rotatable bonds is 2. The zero-order valence-corrected chi connectivity index (χ0v) is 9.72. The maximum absolute atomic E-state index is 3.12. The van der Waals surface area contributed by atoms with Crippen molar-refractivity contribution < 1.29 is 0 Å². The van der Waals surface area contributed by atoms with Crippen LogP contribution in [0.3, 0.4) is 0 Å². The van der Waals surface area contributed by atoms with Gasteiger partial charge in [0.25, 0.3) is 0 Å². The van der Waals surface area contributed by atoms with Crippen LogP contribution in [0.15, 0.2) is 12.2 Å². The Morgan fingerprint density at radius 2 is 1.14 bits per heavy atom. The molecule has 0 aromatic rings. The average Bonchev–Trinajstić information content (AvgIpc) is 2.08. The number of hydrogen-bond acceptors (Lipinski definition) is 0. The van der Waals surface area contributed by atoms with E-state index in [2.05, 4.69) is 63.5 Å². The molecule has 0 unspecified atom stereocenters. The summed E-state index contributed by atoms with van der Waals surface area (Å²) in [6.45, 7) is 8.41. The normalized spacial score (nSPS) is 9.86. The monoisotopic (exact) mass is 188 g/mol. The zero-order chi connectivity index (χ0) is 10.8. The molecule has 0 saturated heterocycles. The second-order valence-corrected chi connectivity index (χ2v) is 3.83. The van der Waals surface area contributed by atoms with E-state index in [0.717, 1.165) is 12.8 Å². The molecule has 0 aromatic heterocycles. The Bertz CT molecular complexity index is 241. The Morgan fingerprint density at radius 3 is 1.43 bits per heavy atom. The Balaban J connectivity index is 3.59. The fraction of sp³-hybridized carbons (Fsp3) is 0.571. The van der Waals surface area contributed by atoms with Crippen LogP contribution in [-0.2, 0) is 0 Å². The van der Waals surface area contributed by atoms with Gasteiger partial charge in [0.2, 0.25) is 0 Å². The van der Waals surface area contributed by atoms with Gasteiger partial charge in [-0.15, -0.1) is 11.8 Å². The minimum atomic E-state index is 0.476. The number of hydrogen-bond donors (Lipinski definition) is 0. The van der Waals surface area contributed by atoms with E-state index < -0.39 is 0 Å². The molecule has 0 N–H and O–H groups in total. The topological polar surface area (TPSA) is 0 Å². The van der Waals surface area contributed by atoms with Gasteiger partial charge in [0.1, 0.15) is 0 Å². The van der Waals surface area contributed by atoms with Crippen molar-refractivity contribution in [2.45, 2.75) is 40.5 Å². The molecule has 0 heteroatoms. The Morgan fingerprint density at radius 1 is 0.786 bits per heavy atom. The van der Waals surface area contributed by atoms with Crippen LogP contribution in [0.4, 0.5) is 0 Å². The highest BCUT2D eigenvalue weighted by molar-refractivity contribution is 5.10. The van der Waals surface area contributed by atoms with Crippen molar-refractivity contribution >= 4 is 0 Å². The van der Waals surface area contributed by atoms with Crippen LogP contribution in [0.2, 0.25) is 0 Å². The molecule has 0 aliphatic rings. The fourth-order valence-electron chi connectivity index (χ4n) is 0.811. The molecule has 14 heavy (non-hydrogen) atoms. The van der Waals surface area contributed by atoms with Crippen molar-refractivity contribution in [1.29, 1.82) is 0 Å². The van der Waals surface area contributed by atoms with Gasteiger partial charge in [0, 0.05) is 24.7 Å². The molecule has 0 radical (unpaired) electrons. The van der Waals surface area contributed by atoms with E-state index in [1.54, 1.807) is 0 Å². The molecule has 0 nitrogen and oxygen atoms in total. The zero-order valence-electron chi connectivity index (χ0n) is 9.72. The second kappa shape index (κ2) is 8.46. The van der Waals surface area contributed by atoms with Gasteiger partial charge >= 0.3 is 0 Å². The largest absolute Gasteiger partial charge is 0.100 e. The Kier molecular flexibility index (Phi) is 7.77. The first kappa shape index (κ1) is 12.9. The van der Waals surface area contributed by atoms with Crippen LogP contribution in [0, 0.1) is 35.5 Å². The van der Waals surface area contributed by atoms with E-state index in [-0.39, 0.29) is 0 Å². The van der Waals surface area contributed by atoms with Crippen LogP contribution in [0.5, 0.6) is 0 Å². The lowest BCUT2D eigenvalue weighted by atomic mass is 10.2. The van der Waals surface area contributed by atoms with Crippen LogP contribution in [0.25, 0.3) is 0 Å². The Labute approximate surface area is 88.8 Å². The molecule has 0 amide bonds. The van der Waals surface area contributed by atoms with E-state index in [1.807, 2.05) is 0 Å². The quantitative estimate of drug-likeness (QED) is 0.458. The second-order valence-electron chi connectivity index (χ2n) is 3.83. The first-order valence-electron chi connectivity index (χ1n) is 5.24. The third kappa shape index (κ3) is 10.9. The summed E-state index contributed by atoms with van der Waals surface area (Å²) in [5.74, 6) is 13.4. The minimum Gasteiger partial charge on any atom is -0.100 e. The van der Waals surface area contributed by atoms with Crippen molar-refractivity contribution in [3.05, 3.63) is 12.2 Å². The van der Waals surface area contributed by atoms with Crippen molar-refractivity contribution in [2.24, 2.45) is 11.8 Å². The summed E-state index contributed by atoms with van der Waals surface area (Å²) in [6.07, 6.45) is 5.87. The van der Waals surface area contributed by atoms with Crippen LogP contribution in [-0.4, -0.2) is 0 Å². The van der Waals surface area contributed by atoms with Crippen LogP contribution in [0.1, 0.15) is 40.5 Å². The van der Waals surface area contributed by atoms with Gasteiger partial charge < -0.3 is 0 Å². The molecule has 76 valence electrons. The fourth-order valence-corrected chi connectivity index (χ4v) is 0.811. The highest BCUT2D eigenvalue weighted by Crippen LogP contribution is 1.90. The summed E-state index contributed by atoms with van der Waals surface area (Å²) >= 11 is 0. The van der Waals surface area contributed by atoms with Gasteiger partial charge in [0.15, 0.2) is 0 Å². The van der Waals surface area contributed by atoms with Crippen molar-refractivity contribution in [1.82, 2.24) is 0 Å². The third-order valence-corrected chi connectivity index (χ3v) is 1.39. The van der Waals surface area contributed by atoms with Gasteiger partial charge in [-0.2, -0.15) is 0 Å². The lowest BCUT2D eigenvalue weighted by Gasteiger charge is -1.86. The highest BCUT2D eigenvalue weighted by Gasteiger charge is 1.80.